The Morgan fingerprint density at radius 1 is 1.33 bits per heavy atom. The predicted molar refractivity (Wildman–Crippen MR) is 88.8 cm³/mol. The highest BCUT2D eigenvalue weighted by atomic mass is 32.1. The van der Waals surface area contributed by atoms with Gasteiger partial charge in [-0.25, -0.2) is 0 Å². The van der Waals surface area contributed by atoms with E-state index in [-0.39, 0.29) is 5.56 Å². The first kappa shape index (κ1) is 14.2. The van der Waals surface area contributed by atoms with Gasteiger partial charge in [0, 0.05) is 10.6 Å². The molecule has 21 heavy (non-hydrogen) atoms. The number of thiophene rings is 1. The molecule has 0 radical (unpaired) electrons. The third-order valence-corrected chi connectivity index (χ3v) is 5.02. The van der Waals surface area contributed by atoms with Crippen LogP contribution in [0, 0.1) is 25.5 Å². The zero-order valence-corrected chi connectivity index (χ0v) is 13.7. The van der Waals surface area contributed by atoms with Gasteiger partial charge in [0.2, 0.25) is 0 Å². The van der Waals surface area contributed by atoms with Gasteiger partial charge in [-0.2, -0.15) is 0 Å². The fourth-order valence-electron chi connectivity index (χ4n) is 2.36. The monoisotopic (exact) mass is 317 g/mol. The van der Waals surface area contributed by atoms with Crippen LogP contribution in [0.3, 0.4) is 0 Å². The maximum atomic E-state index is 12.7. The fraction of sp³-hybridized carbons (Fsp3) is 0.267. The normalized spacial score (nSPS) is 11.2. The van der Waals surface area contributed by atoms with Crippen LogP contribution in [0.5, 0.6) is 0 Å². The average molecular weight is 317 g/mol. The average Bonchev–Trinajstić information content (AvgIpc) is 2.70. The van der Waals surface area contributed by atoms with Gasteiger partial charge in [-0.15, -0.1) is 11.3 Å². The summed E-state index contributed by atoms with van der Waals surface area (Å²) in [6.45, 7) is 6.31. The molecular formula is C15H15N3OS2. The Morgan fingerprint density at radius 3 is 2.81 bits per heavy atom. The topological polar surface area (TPSA) is 50.7 Å². The number of fused-ring (bicyclic) bond motifs is 1. The first-order valence-corrected chi connectivity index (χ1v) is 7.85. The van der Waals surface area contributed by atoms with E-state index in [1.807, 2.05) is 39.0 Å². The molecule has 0 fully saturated rings. The van der Waals surface area contributed by atoms with E-state index in [4.69, 9.17) is 12.2 Å². The van der Waals surface area contributed by atoms with Crippen LogP contribution < -0.4 is 5.56 Å². The smallest absolute Gasteiger partial charge is 0.263 e. The first-order valence-electron chi connectivity index (χ1n) is 6.62. The number of aromatic amines is 1. The van der Waals surface area contributed by atoms with Crippen LogP contribution in [0.25, 0.3) is 10.2 Å². The van der Waals surface area contributed by atoms with Gasteiger partial charge >= 0.3 is 0 Å². The van der Waals surface area contributed by atoms with Crippen molar-refractivity contribution in [2.24, 2.45) is 0 Å². The second-order valence-electron chi connectivity index (χ2n) is 5.08. The van der Waals surface area contributed by atoms with Gasteiger partial charge in [-0.3, -0.25) is 14.3 Å². The van der Waals surface area contributed by atoms with Gasteiger partial charge in [0.15, 0.2) is 4.77 Å². The molecule has 0 saturated carbocycles. The minimum absolute atomic E-state index is 0.0427. The highest BCUT2D eigenvalue weighted by Crippen LogP contribution is 2.25. The molecule has 4 nitrogen and oxygen atoms in total. The maximum Gasteiger partial charge on any atom is 0.263 e. The third-order valence-electron chi connectivity index (χ3n) is 3.58. The van der Waals surface area contributed by atoms with Crippen LogP contribution in [0.15, 0.2) is 23.0 Å². The fourth-order valence-corrected chi connectivity index (χ4v) is 3.72. The molecule has 3 rings (SSSR count). The highest BCUT2D eigenvalue weighted by Gasteiger charge is 2.13. The number of nitrogens with one attached hydrogen (secondary N) is 1. The van der Waals surface area contributed by atoms with E-state index in [1.54, 1.807) is 15.9 Å². The molecule has 0 amide bonds. The van der Waals surface area contributed by atoms with E-state index in [2.05, 4.69) is 9.97 Å². The summed E-state index contributed by atoms with van der Waals surface area (Å²) in [5, 5.41) is 0.735. The second kappa shape index (κ2) is 5.20. The quantitative estimate of drug-likeness (QED) is 0.736. The van der Waals surface area contributed by atoms with E-state index >= 15 is 0 Å². The molecule has 0 aliphatic carbocycles. The van der Waals surface area contributed by atoms with Crippen molar-refractivity contribution in [3.05, 3.63) is 55.2 Å². The van der Waals surface area contributed by atoms with Gasteiger partial charge in [0.05, 0.1) is 17.6 Å². The van der Waals surface area contributed by atoms with Crippen molar-refractivity contribution in [1.82, 2.24) is 14.5 Å². The van der Waals surface area contributed by atoms with Crippen molar-refractivity contribution in [2.45, 2.75) is 27.3 Å². The molecule has 0 aromatic carbocycles. The second-order valence-corrected chi connectivity index (χ2v) is 6.69. The summed E-state index contributed by atoms with van der Waals surface area (Å²) >= 11 is 6.91. The van der Waals surface area contributed by atoms with Crippen molar-refractivity contribution < 1.29 is 0 Å². The maximum absolute atomic E-state index is 12.7. The highest BCUT2D eigenvalue weighted by molar-refractivity contribution is 7.71. The first-order chi connectivity index (χ1) is 9.97. The van der Waals surface area contributed by atoms with Gasteiger partial charge < -0.3 is 4.98 Å². The lowest BCUT2D eigenvalue weighted by atomic mass is 10.2. The van der Waals surface area contributed by atoms with Crippen molar-refractivity contribution >= 4 is 33.8 Å². The van der Waals surface area contributed by atoms with E-state index in [0.29, 0.717) is 11.3 Å². The Morgan fingerprint density at radius 2 is 2.10 bits per heavy atom. The number of H-pyrrole nitrogens is 1. The molecule has 1 N–H and O–H groups in total. The summed E-state index contributed by atoms with van der Waals surface area (Å²) in [6.07, 6.45) is 0. The van der Waals surface area contributed by atoms with Crippen LogP contribution in [-0.2, 0) is 6.54 Å². The largest absolute Gasteiger partial charge is 0.323 e. The van der Waals surface area contributed by atoms with E-state index < -0.39 is 0 Å². The van der Waals surface area contributed by atoms with Crippen LogP contribution >= 0.6 is 23.6 Å². The number of nitrogens with zero attached hydrogens (tertiary/aromatic N) is 2. The molecular weight excluding hydrogens is 302 g/mol. The molecule has 3 aromatic rings. The molecule has 0 spiro atoms. The SMILES string of the molecule is Cc1cccc(Cn2c(=S)[nH]c3sc(C)c(C)c3c2=O)n1. The zero-order valence-electron chi connectivity index (χ0n) is 12.1. The summed E-state index contributed by atoms with van der Waals surface area (Å²) in [5.41, 5.74) is 2.75. The Bertz CT molecular complexity index is 950. The van der Waals surface area contributed by atoms with E-state index in [0.717, 1.165) is 32.0 Å². The number of aromatic nitrogens is 3. The Balaban J connectivity index is 2.21. The van der Waals surface area contributed by atoms with Crippen molar-refractivity contribution in [3.63, 3.8) is 0 Å². The van der Waals surface area contributed by atoms with Gasteiger partial charge in [0.1, 0.15) is 4.83 Å². The molecule has 3 heterocycles. The molecule has 0 unspecified atom stereocenters. The minimum atomic E-state index is -0.0427. The van der Waals surface area contributed by atoms with Crippen LogP contribution in [-0.4, -0.2) is 14.5 Å². The molecule has 6 heteroatoms. The summed E-state index contributed by atoms with van der Waals surface area (Å²) in [5.74, 6) is 0. The van der Waals surface area contributed by atoms with Gasteiger partial charge in [-0.1, -0.05) is 6.07 Å². The Kier molecular flexibility index (Phi) is 3.51. The number of rotatable bonds is 2. The van der Waals surface area contributed by atoms with E-state index in [1.165, 1.54) is 0 Å². The predicted octanol–water partition coefficient (Wildman–Crippen LogP) is 3.49. The lowest BCUT2D eigenvalue weighted by molar-refractivity contribution is 0.715. The number of aryl methyl sites for hydroxylation is 3. The summed E-state index contributed by atoms with van der Waals surface area (Å²) in [4.78, 5) is 22.3. The lowest BCUT2D eigenvalue weighted by Crippen LogP contribution is -2.23. The van der Waals surface area contributed by atoms with E-state index in [9.17, 15) is 4.79 Å². The summed E-state index contributed by atoms with van der Waals surface area (Å²) in [7, 11) is 0. The summed E-state index contributed by atoms with van der Waals surface area (Å²) in [6, 6.07) is 5.78. The van der Waals surface area contributed by atoms with Crippen molar-refractivity contribution in [3.8, 4) is 0 Å². The van der Waals surface area contributed by atoms with Gasteiger partial charge in [0.25, 0.3) is 5.56 Å². The van der Waals surface area contributed by atoms with Crippen LogP contribution in [0.1, 0.15) is 21.8 Å². The van der Waals surface area contributed by atoms with Gasteiger partial charge in [-0.05, 0) is 50.7 Å². The number of pyridine rings is 1. The molecule has 0 atom stereocenters. The minimum Gasteiger partial charge on any atom is -0.323 e. The molecule has 108 valence electrons. The van der Waals surface area contributed by atoms with Crippen LogP contribution in [0.4, 0.5) is 0 Å². The van der Waals surface area contributed by atoms with Crippen LogP contribution in [0.2, 0.25) is 0 Å². The lowest BCUT2D eigenvalue weighted by Gasteiger charge is -2.07. The van der Waals surface area contributed by atoms with Crippen molar-refractivity contribution in [1.29, 1.82) is 0 Å². The Hall–Kier alpha value is -1.79. The Labute approximate surface area is 131 Å². The molecule has 3 aromatic heterocycles. The standard InChI is InChI=1S/C15H15N3OS2/c1-8-5-4-6-11(16-8)7-18-14(19)12-9(2)10(3)21-13(12)17-15(18)20/h4-6H,7H2,1-3H3,(H,17,20). The molecule has 0 bridgehead atoms. The number of hydrogen-bond acceptors (Lipinski definition) is 4. The molecule has 0 saturated heterocycles. The molecule has 0 aliphatic rings. The summed E-state index contributed by atoms with van der Waals surface area (Å²) < 4.78 is 2.02. The number of hydrogen-bond donors (Lipinski definition) is 1. The molecule has 0 aliphatic heterocycles. The third kappa shape index (κ3) is 2.45. The van der Waals surface area contributed by atoms with Crippen molar-refractivity contribution in [2.75, 3.05) is 0 Å². The zero-order chi connectivity index (χ0) is 15.1.